The van der Waals surface area contributed by atoms with E-state index in [-0.39, 0.29) is 5.91 Å². The maximum atomic E-state index is 11.9. The molecule has 1 aromatic carbocycles. The number of amides is 1. The highest BCUT2D eigenvalue weighted by Gasteiger charge is 2.28. The Hall–Kier alpha value is -1.27. The molecule has 0 radical (unpaired) electrons. The maximum absolute atomic E-state index is 11.9. The molecule has 0 aliphatic heterocycles. The van der Waals surface area contributed by atoms with Gasteiger partial charge in [0.1, 0.15) is 6.04 Å². The third-order valence-electron chi connectivity index (χ3n) is 2.50. The Morgan fingerprint density at radius 1 is 1.47 bits per heavy atom. The quantitative estimate of drug-likeness (QED) is 0.899. The number of halogens is 1. The predicted molar refractivity (Wildman–Crippen MR) is 76.9 cm³/mol. The van der Waals surface area contributed by atoms with Crippen LogP contribution in [0.15, 0.2) is 24.3 Å². The van der Waals surface area contributed by atoms with Crippen molar-refractivity contribution in [2.75, 3.05) is 17.1 Å². The molecule has 1 amide bonds. The van der Waals surface area contributed by atoms with Crippen LogP contribution in [0.3, 0.4) is 0 Å². The van der Waals surface area contributed by atoms with Crippen molar-refractivity contribution < 1.29 is 13.2 Å². The number of rotatable bonds is 5. The average Bonchev–Trinajstić information content (AvgIpc) is 2.27. The standard InChI is InChI=1S/C12H17ClN2O3S/c1-4-14-12(16)9(2)15(19(3,17)18)11-7-5-6-10(13)8-11/h5-9H,4H2,1-3H3,(H,14,16)/t9-/m1/s1. The smallest absolute Gasteiger partial charge is 0.243 e. The Morgan fingerprint density at radius 2 is 2.11 bits per heavy atom. The van der Waals surface area contributed by atoms with Crippen LogP contribution >= 0.6 is 11.6 Å². The van der Waals surface area contributed by atoms with Crippen LogP contribution in [0.4, 0.5) is 5.69 Å². The SMILES string of the molecule is CCNC(=O)[C@@H](C)N(c1cccc(Cl)c1)S(C)(=O)=O. The molecule has 0 aliphatic rings. The van der Waals surface area contributed by atoms with Gasteiger partial charge in [-0.1, -0.05) is 17.7 Å². The molecule has 19 heavy (non-hydrogen) atoms. The highest BCUT2D eigenvalue weighted by molar-refractivity contribution is 7.92. The molecule has 1 rings (SSSR count). The molecule has 1 aromatic rings. The molecule has 0 aromatic heterocycles. The number of carbonyl (C=O) groups is 1. The second-order valence-corrected chi connectivity index (χ2v) is 6.41. The predicted octanol–water partition coefficient (Wildman–Crippen LogP) is 1.63. The minimum atomic E-state index is -3.58. The minimum absolute atomic E-state index is 0.354. The first kappa shape index (κ1) is 15.8. The number of nitrogens with one attached hydrogen (secondary N) is 1. The van der Waals surface area contributed by atoms with Crippen LogP contribution in [0.1, 0.15) is 13.8 Å². The lowest BCUT2D eigenvalue weighted by Gasteiger charge is -2.28. The van der Waals surface area contributed by atoms with Crippen molar-refractivity contribution in [2.45, 2.75) is 19.9 Å². The van der Waals surface area contributed by atoms with Gasteiger partial charge in [-0.3, -0.25) is 9.10 Å². The summed E-state index contributed by atoms with van der Waals surface area (Å²) in [5.41, 5.74) is 0.369. The summed E-state index contributed by atoms with van der Waals surface area (Å²) in [6.07, 6.45) is 1.06. The number of carbonyl (C=O) groups excluding carboxylic acids is 1. The number of likely N-dealkylation sites (N-methyl/N-ethyl adjacent to an activating group) is 1. The molecule has 1 N–H and O–H groups in total. The average molecular weight is 305 g/mol. The first-order valence-corrected chi connectivity index (χ1v) is 8.02. The van der Waals surface area contributed by atoms with Crippen molar-refractivity contribution in [3.05, 3.63) is 29.3 Å². The van der Waals surface area contributed by atoms with E-state index < -0.39 is 16.1 Å². The number of anilines is 1. The molecule has 7 heteroatoms. The van der Waals surface area contributed by atoms with Crippen molar-refractivity contribution in [1.82, 2.24) is 5.32 Å². The Kier molecular flexibility index (Phi) is 5.20. The topological polar surface area (TPSA) is 66.5 Å². The number of benzene rings is 1. The van der Waals surface area contributed by atoms with E-state index in [2.05, 4.69) is 5.32 Å². The highest BCUT2D eigenvalue weighted by atomic mass is 35.5. The maximum Gasteiger partial charge on any atom is 0.243 e. The van der Waals surface area contributed by atoms with Crippen molar-refractivity contribution in [1.29, 1.82) is 0 Å². The Labute approximate surface area is 118 Å². The van der Waals surface area contributed by atoms with Crippen molar-refractivity contribution in [3.8, 4) is 0 Å². The first-order valence-electron chi connectivity index (χ1n) is 5.80. The molecule has 0 saturated carbocycles. The lowest BCUT2D eigenvalue weighted by Crippen LogP contribution is -2.47. The minimum Gasteiger partial charge on any atom is -0.355 e. The normalized spacial score (nSPS) is 12.8. The van der Waals surface area contributed by atoms with Crippen molar-refractivity contribution >= 4 is 33.2 Å². The number of nitrogens with zero attached hydrogens (tertiary/aromatic N) is 1. The van der Waals surface area contributed by atoms with E-state index in [1.165, 1.54) is 13.0 Å². The second-order valence-electron chi connectivity index (χ2n) is 4.11. The van der Waals surface area contributed by atoms with E-state index in [1.54, 1.807) is 25.1 Å². The Morgan fingerprint density at radius 3 is 2.58 bits per heavy atom. The van der Waals surface area contributed by atoms with Gasteiger partial charge in [0.25, 0.3) is 0 Å². The Balaban J connectivity index is 3.20. The lowest BCUT2D eigenvalue weighted by molar-refractivity contribution is -0.121. The van der Waals surface area contributed by atoms with Gasteiger partial charge in [0, 0.05) is 11.6 Å². The molecular formula is C12H17ClN2O3S. The van der Waals surface area contributed by atoms with Crippen molar-refractivity contribution in [2.24, 2.45) is 0 Å². The zero-order valence-corrected chi connectivity index (χ0v) is 12.6. The van der Waals surface area contributed by atoms with Gasteiger partial charge in [0.05, 0.1) is 11.9 Å². The summed E-state index contributed by atoms with van der Waals surface area (Å²) in [6, 6.07) is 5.55. The molecule has 0 unspecified atom stereocenters. The fourth-order valence-electron chi connectivity index (χ4n) is 1.74. The molecule has 1 atom stereocenters. The molecule has 0 fully saturated rings. The molecule has 0 bridgehead atoms. The number of hydrogen-bond acceptors (Lipinski definition) is 3. The van der Waals surface area contributed by atoms with Gasteiger partial charge < -0.3 is 5.32 Å². The van der Waals surface area contributed by atoms with Gasteiger partial charge in [0.2, 0.25) is 15.9 Å². The fourth-order valence-corrected chi connectivity index (χ4v) is 3.10. The molecule has 0 saturated heterocycles. The summed E-state index contributed by atoms with van der Waals surface area (Å²) < 4.78 is 24.9. The molecule has 0 spiro atoms. The summed E-state index contributed by atoms with van der Waals surface area (Å²) >= 11 is 5.86. The second kappa shape index (κ2) is 6.25. The van der Waals surface area contributed by atoms with Gasteiger partial charge in [-0.05, 0) is 32.0 Å². The van der Waals surface area contributed by atoms with Crippen molar-refractivity contribution in [3.63, 3.8) is 0 Å². The molecule has 5 nitrogen and oxygen atoms in total. The molecular weight excluding hydrogens is 288 g/mol. The van der Waals surface area contributed by atoms with Crippen LogP contribution in [0.2, 0.25) is 5.02 Å². The van der Waals surface area contributed by atoms with Crippen LogP contribution in [-0.4, -0.2) is 33.2 Å². The van der Waals surface area contributed by atoms with Gasteiger partial charge in [-0.25, -0.2) is 8.42 Å². The number of hydrogen-bond donors (Lipinski definition) is 1. The van der Waals surface area contributed by atoms with Gasteiger partial charge >= 0.3 is 0 Å². The monoisotopic (exact) mass is 304 g/mol. The zero-order valence-electron chi connectivity index (χ0n) is 11.1. The molecule has 0 heterocycles. The van der Waals surface area contributed by atoms with Crippen LogP contribution in [-0.2, 0) is 14.8 Å². The first-order chi connectivity index (χ1) is 8.77. The molecule has 0 aliphatic carbocycles. The van der Waals surface area contributed by atoms with E-state index in [4.69, 9.17) is 11.6 Å². The third-order valence-corrected chi connectivity index (χ3v) is 3.98. The largest absolute Gasteiger partial charge is 0.355 e. The fraction of sp³-hybridized carbons (Fsp3) is 0.417. The van der Waals surface area contributed by atoms with Gasteiger partial charge in [-0.15, -0.1) is 0 Å². The summed E-state index contributed by atoms with van der Waals surface area (Å²) in [4.78, 5) is 11.8. The van der Waals surface area contributed by atoms with Gasteiger partial charge in [0.15, 0.2) is 0 Å². The third kappa shape index (κ3) is 4.11. The van der Waals surface area contributed by atoms with E-state index in [1.807, 2.05) is 0 Å². The number of sulfonamides is 1. The van der Waals surface area contributed by atoms with Crippen LogP contribution in [0, 0.1) is 0 Å². The van der Waals surface area contributed by atoms with E-state index in [0.29, 0.717) is 17.3 Å². The summed E-state index contributed by atoms with van der Waals surface area (Å²) in [5.74, 6) is -0.354. The van der Waals surface area contributed by atoms with E-state index >= 15 is 0 Å². The summed E-state index contributed by atoms with van der Waals surface area (Å²) in [5, 5.41) is 3.02. The van der Waals surface area contributed by atoms with Crippen LogP contribution in [0.5, 0.6) is 0 Å². The lowest BCUT2D eigenvalue weighted by atomic mass is 10.2. The van der Waals surface area contributed by atoms with E-state index in [0.717, 1.165) is 10.6 Å². The molecule has 106 valence electrons. The Bertz CT molecular complexity index is 560. The highest BCUT2D eigenvalue weighted by Crippen LogP contribution is 2.24. The summed E-state index contributed by atoms with van der Waals surface area (Å²) in [7, 11) is -3.58. The van der Waals surface area contributed by atoms with E-state index in [9.17, 15) is 13.2 Å². The zero-order chi connectivity index (χ0) is 14.6. The van der Waals surface area contributed by atoms with Crippen LogP contribution < -0.4 is 9.62 Å². The van der Waals surface area contributed by atoms with Crippen LogP contribution in [0.25, 0.3) is 0 Å². The summed E-state index contributed by atoms with van der Waals surface area (Å²) in [6.45, 7) is 3.75. The van der Waals surface area contributed by atoms with Gasteiger partial charge in [-0.2, -0.15) is 0 Å².